The summed E-state index contributed by atoms with van der Waals surface area (Å²) in [5.41, 5.74) is 3.10. The molecule has 1 aliphatic carbocycles. The van der Waals surface area contributed by atoms with Crippen LogP contribution in [0.15, 0.2) is 40.9 Å². The fourth-order valence-electron chi connectivity index (χ4n) is 2.78. The fourth-order valence-corrected chi connectivity index (χ4v) is 4.01. The second kappa shape index (κ2) is 5.80. The number of fused-ring (bicyclic) bond motifs is 1. The van der Waals surface area contributed by atoms with Crippen molar-refractivity contribution in [1.82, 2.24) is 9.88 Å². The van der Waals surface area contributed by atoms with Gasteiger partial charge in [-0.25, -0.2) is 0 Å². The van der Waals surface area contributed by atoms with Crippen LogP contribution < -0.4 is 5.32 Å². The van der Waals surface area contributed by atoms with Gasteiger partial charge >= 0.3 is 0 Å². The van der Waals surface area contributed by atoms with E-state index in [1.165, 1.54) is 15.1 Å². The minimum absolute atomic E-state index is 0.0469. The van der Waals surface area contributed by atoms with Crippen LogP contribution in [0, 0.1) is 6.92 Å². The number of nitrogens with zero attached hydrogens (tertiary/aromatic N) is 1. The number of aromatic nitrogens is 1. The molecule has 0 radical (unpaired) electrons. The van der Waals surface area contributed by atoms with Gasteiger partial charge in [0, 0.05) is 21.9 Å². The summed E-state index contributed by atoms with van der Waals surface area (Å²) in [7, 11) is 0. The summed E-state index contributed by atoms with van der Waals surface area (Å²) >= 11 is 5.21. The van der Waals surface area contributed by atoms with Crippen LogP contribution in [-0.2, 0) is 6.54 Å². The summed E-state index contributed by atoms with van der Waals surface area (Å²) in [5, 5.41) is 3.11. The van der Waals surface area contributed by atoms with Crippen LogP contribution in [-0.4, -0.2) is 16.5 Å². The van der Waals surface area contributed by atoms with Crippen LogP contribution in [0.5, 0.6) is 0 Å². The van der Waals surface area contributed by atoms with Crippen molar-refractivity contribution >= 4 is 43.4 Å². The first-order valence-electron chi connectivity index (χ1n) is 7.75. The number of nitrogens with one attached hydrogen (secondary N) is 1. The number of carbonyl (C=O) groups is 1. The number of carbonyl (C=O) groups excluding carboxylic acids is 1. The quantitative estimate of drug-likeness (QED) is 0.689. The number of hydrogen-bond acceptors (Lipinski definition) is 2. The average Bonchev–Trinajstić information content (AvgIpc) is 3.16. The zero-order valence-electron chi connectivity index (χ0n) is 12.8. The molecular formula is C18H17BrN2OS. The lowest BCUT2D eigenvalue weighted by atomic mass is 10.2. The van der Waals surface area contributed by atoms with Crippen molar-refractivity contribution in [1.29, 1.82) is 0 Å². The summed E-state index contributed by atoms with van der Waals surface area (Å²) in [6.45, 7) is 2.82. The van der Waals surface area contributed by atoms with E-state index in [4.69, 9.17) is 0 Å². The van der Waals surface area contributed by atoms with E-state index in [0.29, 0.717) is 12.6 Å². The molecule has 1 aliphatic rings. The van der Waals surface area contributed by atoms with Gasteiger partial charge in [-0.2, -0.15) is 0 Å². The lowest BCUT2D eigenvalue weighted by Gasteiger charge is -2.11. The predicted octanol–water partition coefficient (Wildman–Crippen LogP) is 4.71. The van der Waals surface area contributed by atoms with Crippen LogP contribution >= 0.6 is 27.3 Å². The van der Waals surface area contributed by atoms with E-state index in [0.717, 1.165) is 28.5 Å². The number of hydrogen-bond donors (Lipinski definition) is 1. The third kappa shape index (κ3) is 3.08. The topological polar surface area (TPSA) is 34.0 Å². The molecule has 5 heteroatoms. The molecule has 2 heterocycles. The first kappa shape index (κ1) is 15.0. The second-order valence-corrected chi connectivity index (χ2v) is 8.30. The first-order chi connectivity index (χ1) is 11.1. The molecule has 4 rings (SSSR count). The Kier molecular flexibility index (Phi) is 3.77. The van der Waals surface area contributed by atoms with Crippen molar-refractivity contribution in [3.63, 3.8) is 0 Å². The Labute approximate surface area is 147 Å². The highest BCUT2D eigenvalue weighted by Gasteiger charge is 2.26. The lowest BCUT2D eigenvalue weighted by Crippen LogP contribution is -2.27. The molecule has 0 unspecified atom stereocenters. The molecule has 0 aliphatic heterocycles. The Morgan fingerprint density at radius 3 is 2.74 bits per heavy atom. The van der Waals surface area contributed by atoms with Crippen molar-refractivity contribution in [3.05, 3.63) is 57.0 Å². The molecule has 0 saturated heterocycles. The minimum atomic E-state index is 0.0469. The number of amides is 1. The van der Waals surface area contributed by atoms with Gasteiger partial charge in [-0.05, 0) is 49.6 Å². The lowest BCUT2D eigenvalue weighted by molar-refractivity contribution is 0.0942. The van der Waals surface area contributed by atoms with Crippen molar-refractivity contribution in [2.75, 3.05) is 0 Å². The van der Waals surface area contributed by atoms with E-state index < -0.39 is 0 Å². The third-order valence-electron chi connectivity index (χ3n) is 4.11. The Bertz CT molecular complexity index is 874. The number of aryl methyl sites for hydroxylation is 1. The van der Waals surface area contributed by atoms with Crippen LogP contribution in [0.3, 0.4) is 0 Å². The highest BCUT2D eigenvalue weighted by atomic mass is 79.9. The fraction of sp³-hybridized carbons (Fsp3) is 0.278. The van der Waals surface area contributed by atoms with Gasteiger partial charge in [-0.1, -0.05) is 28.1 Å². The molecule has 3 aromatic rings. The van der Waals surface area contributed by atoms with E-state index in [2.05, 4.69) is 50.9 Å². The Balaban J connectivity index is 1.74. The van der Waals surface area contributed by atoms with Gasteiger partial charge in [-0.15, -0.1) is 11.3 Å². The molecule has 2 aromatic heterocycles. The monoisotopic (exact) mass is 388 g/mol. The van der Waals surface area contributed by atoms with Crippen LogP contribution in [0.2, 0.25) is 0 Å². The Hall–Kier alpha value is -1.59. The molecule has 1 aromatic carbocycles. The zero-order chi connectivity index (χ0) is 16.0. The molecule has 1 N–H and O–H groups in total. The summed E-state index contributed by atoms with van der Waals surface area (Å²) in [6.07, 6.45) is 2.21. The van der Waals surface area contributed by atoms with Gasteiger partial charge in [-0.3, -0.25) is 4.79 Å². The van der Waals surface area contributed by atoms with E-state index >= 15 is 0 Å². The maximum Gasteiger partial charge on any atom is 0.268 e. The number of thiophene rings is 1. The van der Waals surface area contributed by atoms with E-state index in [1.807, 2.05) is 18.2 Å². The van der Waals surface area contributed by atoms with Crippen LogP contribution in [0.25, 0.3) is 10.2 Å². The molecule has 0 bridgehead atoms. The van der Waals surface area contributed by atoms with Gasteiger partial charge in [0.1, 0.15) is 5.69 Å². The zero-order valence-corrected chi connectivity index (χ0v) is 15.2. The number of rotatable bonds is 4. The Morgan fingerprint density at radius 2 is 2.04 bits per heavy atom. The molecule has 1 fully saturated rings. The molecule has 1 amide bonds. The van der Waals surface area contributed by atoms with Gasteiger partial charge < -0.3 is 9.88 Å². The third-order valence-corrected chi connectivity index (χ3v) is 5.63. The van der Waals surface area contributed by atoms with Crippen molar-refractivity contribution in [2.45, 2.75) is 32.4 Å². The van der Waals surface area contributed by atoms with Gasteiger partial charge in [0.15, 0.2) is 0 Å². The summed E-state index contributed by atoms with van der Waals surface area (Å²) < 4.78 is 4.39. The maximum absolute atomic E-state index is 12.6. The average molecular weight is 389 g/mol. The smallest absolute Gasteiger partial charge is 0.268 e. The van der Waals surface area contributed by atoms with Crippen molar-refractivity contribution in [3.8, 4) is 0 Å². The Morgan fingerprint density at radius 1 is 1.30 bits per heavy atom. The van der Waals surface area contributed by atoms with Crippen LogP contribution in [0.1, 0.15) is 33.8 Å². The number of halogens is 1. The molecule has 0 spiro atoms. The van der Waals surface area contributed by atoms with Gasteiger partial charge in [0.25, 0.3) is 5.91 Å². The van der Waals surface area contributed by atoms with Gasteiger partial charge in [0.2, 0.25) is 0 Å². The highest BCUT2D eigenvalue weighted by Crippen LogP contribution is 2.30. The molecule has 0 atom stereocenters. The van der Waals surface area contributed by atoms with E-state index in [9.17, 15) is 4.79 Å². The summed E-state index contributed by atoms with van der Waals surface area (Å²) in [4.78, 5) is 13.8. The minimum Gasteiger partial charge on any atom is -0.348 e. The highest BCUT2D eigenvalue weighted by molar-refractivity contribution is 9.10. The van der Waals surface area contributed by atoms with Gasteiger partial charge in [0.05, 0.1) is 10.2 Å². The SMILES string of the molecule is Cc1cc2c(cc(C(=O)NC3CC3)n2Cc2ccc(Br)cc2)s1. The largest absolute Gasteiger partial charge is 0.348 e. The molecular weight excluding hydrogens is 372 g/mol. The second-order valence-electron chi connectivity index (χ2n) is 6.10. The summed E-state index contributed by atoms with van der Waals surface area (Å²) in [5.74, 6) is 0.0469. The maximum atomic E-state index is 12.6. The molecule has 23 heavy (non-hydrogen) atoms. The van der Waals surface area contributed by atoms with E-state index in [1.54, 1.807) is 11.3 Å². The predicted molar refractivity (Wildman–Crippen MR) is 98.3 cm³/mol. The summed E-state index contributed by atoms with van der Waals surface area (Å²) in [6, 6.07) is 12.8. The first-order valence-corrected chi connectivity index (χ1v) is 9.36. The normalized spacial score (nSPS) is 14.3. The molecule has 1 saturated carbocycles. The van der Waals surface area contributed by atoms with Crippen LogP contribution in [0.4, 0.5) is 0 Å². The number of benzene rings is 1. The van der Waals surface area contributed by atoms with Crippen molar-refractivity contribution < 1.29 is 4.79 Å². The van der Waals surface area contributed by atoms with E-state index in [-0.39, 0.29) is 5.91 Å². The molecule has 118 valence electrons. The standard InChI is InChI=1S/C18H17BrN2OS/c1-11-8-15-17(23-11)9-16(18(22)20-14-6-7-14)21(15)10-12-2-4-13(19)5-3-12/h2-5,8-9,14H,6-7,10H2,1H3,(H,20,22). The molecule has 3 nitrogen and oxygen atoms in total. The van der Waals surface area contributed by atoms with Crippen molar-refractivity contribution in [2.24, 2.45) is 0 Å².